The molecule has 1 aliphatic rings. The Morgan fingerprint density at radius 1 is 1.16 bits per heavy atom. The fourth-order valence-electron chi connectivity index (χ4n) is 1.95. The number of carboxylic acids is 1. The van der Waals surface area contributed by atoms with Gasteiger partial charge in [0.05, 0.1) is 13.0 Å². The highest BCUT2D eigenvalue weighted by atomic mass is 16.6. The highest BCUT2D eigenvalue weighted by molar-refractivity contribution is 6.63. The summed E-state index contributed by atoms with van der Waals surface area (Å²) in [6.45, 7) is 1.12. The van der Waals surface area contributed by atoms with E-state index in [9.17, 15) is 14.4 Å². The number of carbonyl (C=O) groups excluding carboxylic acids is 2. The number of nitrogens with zero attached hydrogens (tertiary/aromatic N) is 1. The Kier molecular flexibility index (Phi) is 5.47. The summed E-state index contributed by atoms with van der Waals surface area (Å²) in [5.74, 6) is -2.44. The number of ether oxygens (including phenoxy) is 1. The van der Waals surface area contributed by atoms with Crippen molar-refractivity contribution in [1.29, 1.82) is 0 Å². The number of hydrogen-bond acceptors (Lipinski definition) is 6. The number of aliphatic carboxylic acids is 1. The lowest BCUT2D eigenvalue weighted by molar-refractivity contribution is -0.147. The zero-order valence-electron chi connectivity index (χ0n) is 10.9. The van der Waals surface area contributed by atoms with Gasteiger partial charge in [-0.2, -0.15) is 0 Å². The van der Waals surface area contributed by atoms with Crippen LogP contribution in [0.5, 0.6) is 0 Å². The fraction of sp³-hybridized carbons (Fsp3) is 0.667. The summed E-state index contributed by atoms with van der Waals surface area (Å²) in [5, 5.41) is 12.1. The number of Topliss-reactive ketones (excluding diaryl/α,β-unsaturated/α-hetero) is 1. The third kappa shape index (κ3) is 4.35. The zero-order chi connectivity index (χ0) is 14.4. The largest absolute Gasteiger partial charge is 0.476 e. The van der Waals surface area contributed by atoms with Gasteiger partial charge in [0.15, 0.2) is 5.78 Å². The maximum absolute atomic E-state index is 11.3. The van der Waals surface area contributed by atoms with Crippen LogP contribution in [0.4, 0.5) is 0 Å². The summed E-state index contributed by atoms with van der Waals surface area (Å²) < 4.78 is 4.66. The lowest BCUT2D eigenvalue weighted by Gasteiger charge is -2.25. The average molecular weight is 271 g/mol. The van der Waals surface area contributed by atoms with Gasteiger partial charge < -0.3 is 14.7 Å². The lowest BCUT2D eigenvalue weighted by atomic mass is 9.87. The molecule has 106 valence electrons. The molecule has 1 N–H and O–H groups in total. The van der Waals surface area contributed by atoms with Crippen LogP contribution in [0.3, 0.4) is 0 Å². The van der Waals surface area contributed by atoms with Gasteiger partial charge in [0.25, 0.3) is 0 Å². The van der Waals surface area contributed by atoms with Crippen LogP contribution in [0.2, 0.25) is 0 Å². The number of methoxy groups -OCH3 is 1. The van der Waals surface area contributed by atoms with Crippen LogP contribution >= 0.6 is 0 Å². The fourth-order valence-corrected chi connectivity index (χ4v) is 1.95. The molecule has 0 heterocycles. The lowest BCUT2D eigenvalue weighted by Crippen LogP contribution is -2.27. The van der Waals surface area contributed by atoms with E-state index >= 15 is 0 Å². The highest BCUT2D eigenvalue weighted by Gasteiger charge is 2.28. The molecule has 0 aromatic heterocycles. The number of esters is 1. The first-order valence-electron chi connectivity index (χ1n) is 6.01. The first kappa shape index (κ1) is 15.1. The monoisotopic (exact) mass is 271 g/mol. The summed E-state index contributed by atoms with van der Waals surface area (Å²) in [5.41, 5.74) is -0.616. The predicted octanol–water partition coefficient (Wildman–Crippen LogP) is 0.764. The first-order chi connectivity index (χ1) is 8.95. The molecular weight excluding hydrogens is 254 g/mol. The molecule has 7 nitrogen and oxygen atoms in total. The molecule has 1 fully saturated rings. The Labute approximate surface area is 110 Å². The number of oxime groups is 1. The van der Waals surface area contributed by atoms with Crippen molar-refractivity contribution < 1.29 is 29.1 Å². The average Bonchev–Trinajstić information content (AvgIpc) is 2.38. The van der Waals surface area contributed by atoms with E-state index in [1.165, 1.54) is 7.11 Å². The van der Waals surface area contributed by atoms with Crippen molar-refractivity contribution in [3.63, 3.8) is 0 Å². The van der Waals surface area contributed by atoms with Gasteiger partial charge in [-0.3, -0.25) is 9.59 Å². The molecule has 1 saturated carbocycles. The van der Waals surface area contributed by atoms with Gasteiger partial charge in [0.2, 0.25) is 5.71 Å². The van der Waals surface area contributed by atoms with Crippen molar-refractivity contribution in [2.45, 2.75) is 38.7 Å². The summed E-state index contributed by atoms with van der Waals surface area (Å²) in [4.78, 5) is 38.1. The van der Waals surface area contributed by atoms with Crippen LogP contribution in [0.15, 0.2) is 5.16 Å². The van der Waals surface area contributed by atoms with Gasteiger partial charge in [-0.1, -0.05) is 5.16 Å². The van der Waals surface area contributed by atoms with Crippen LogP contribution in [0.1, 0.15) is 32.6 Å². The van der Waals surface area contributed by atoms with Crippen LogP contribution in [0.25, 0.3) is 0 Å². The van der Waals surface area contributed by atoms with Gasteiger partial charge in [0.1, 0.15) is 6.10 Å². The molecule has 0 aromatic carbocycles. The Balaban J connectivity index is 2.49. The number of rotatable bonds is 5. The molecule has 1 aliphatic carbocycles. The minimum absolute atomic E-state index is 0.138. The summed E-state index contributed by atoms with van der Waals surface area (Å²) in [7, 11) is 1.35. The minimum atomic E-state index is -1.41. The zero-order valence-corrected chi connectivity index (χ0v) is 10.9. The SMILES string of the molecule is COC(=O)C1CCC(ON=C(C(C)=O)C(=O)O)CC1. The summed E-state index contributed by atoms with van der Waals surface area (Å²) in [6, 6.07) is 0. The number of carbonyl (C=O) groups is 3. The molecule has 0 atom stereocenters. The van der Waals surface area contributed by atoms with E-state index in [-0.39, 0.29) is 18.0 Å². The Hall–Kier alpha value is -1.92. The molecule has 0 aromatic rings. The molecule has 0 unspecified atom stereocenters. The predicted molar refractivity (Wildman–Crippen MR) is 64.6 cm³/mol. The van der Waals surface area contributed by atoms with E-state index < -0.39 is 17.5 Å². The molecule has 1 rings (SSSR count). The van der Waals surface area contributed by atoms with Crippen molar-refractivity contribution in [2.24, 2.45) is 11.1 Å². The Bertz CT molecular complexity index is 379. The normalized spacial score (nSPS) is 23.6. The molecule has 0 aliphatic heterocycles. The molecule has 0 amide bonds. The van der Waals surface area contributed by atoms with Crippen molar-refractivity contribution >= 4 is 23.4 Å². The van der Waals surface area contributed by atoms with E-state index in [2.05, 4.69) is 9.89 Å². The van der Waals surface area contributed by atoms with Crippen molar-refractivity contribution in [3.8, 4) is 0 Å². The van der Waals surface area contributed by atoms with Crippen LogP contribution < -0.4 is 0 Å². The van der Waals surface area contributed by atoms with Crippen LogP contribution in [-0.2, 0) is 24.0 Å². The van der Waals surface area contributed by atoms with E-state index in [4.69, 9.17) is 9.94 Å². The molecule has 7 heteroatoms. The van der Waals surface area contributed by atoms with Crippen molar-refractivity contribution in [1.82, 2.24) is 0 Å². The van der Waals surface area contributed by atoms with Gasteiger partial charge in [-0.15, -0.1) is 0 Å². The van der Waals surface area contributed by atoms with Gasteiger partial charge in [0, 0.05) is 6.92 Å². The Morgan fingerprint density at radius 2 is 1.74 bits per heavy atom. The number of carboxylic acid groups (broad SMARTS) is 1. The van der Waals surface area contributed by atoms with Crippen LogP contribution in [0, 0.1) is 5.92 Å². The quantitative estimate of drug-likeness (QED) is 0.343. The first-order valence-corrected chi connectivity index (χ1v) is 6.01. The van der Waals surface area contributed by atoms with Crippen LogP contribution in [-0.4, -0.2) is 41.8 Å². The second-order valence-electron chi connectivity index (χ2n) is 4.40. The Morgan fingerprint density at radius 3 is 2.16 bits per heavy atom. The second-order valence-corrected chi connectivity index (χ2v) is 4.40. The van der Waals surface area contributed by atoms with E-state index in [1.54, 1.807) is 0 Å². The van der Waals surface area contributed by atoms with E-state index in [0.29, 0.717) is 25.7 Å². The standard InChI is InChI=1S/C12H17NO6/c1-7(14)10(11(15)16)13-19-9-5-3-8(4-6-9)12(17)18-2/h8-9H,3-6H2,1-2H3,(H,15,16). The van der Waals surface area contributed by atoms with Gasteiger partial charge in [-0.25, -0.2) is 4.79 Å². The van der Waals surface area contributed by atoms with Crippen molar-refractivity contribution in [3.05, 3.63) is 0 Å². The minimum Gasteiger partial charge on any atom is -0.476 e. The molecule has 0 saturated heterocycles. The molecule has 0 radical (unpaired) electrons. The molecule has 0 spiro atoms. The topological polar surface area (TPSA) is 102 Å². The maximum Gasteiger partial charge on any atom is 0.361 e. The van der Waals surface area contributed by atoms with Gasteiger partial charge >= 0.3 is 11.9 Å². The second kappa shape index (κ2) is 6.86. The molecular formula is C12H17NO6. The smallest absolute Gasteiger partial charge is 0.361 e. The summed E-state index contributed by atoms with van der Waals surface area (Å²) >= 11 is 0. The number of hydrogen-bond donors (Lipinski definition) is 1. The highest BCUT2D eigenvalue weighted by Crippen LogP contribution is 2.27. The van der Waals surface area contributed by atoms with E-state index in [1.807, 2.05) is 0 Å². The molecule has 19 heavy (non-hydrogen) atoms. The number of ketones is 1. The van der Waals surface area contributed by atoms with E-state index in [0.717, 1.165) is 6.92 Å². The van der Waals surface area contributed by atoms with Crippen molar-refractivity contribution in [2.75, 3.05) is 7.11 Å². The summed E-state index contributed by atoms with van der Waals surface area (Å²) in [6.07, 6.45) is 2.10. The third-order valence-corrected chi connectivity index (χ3v) is 3.04. The van der Waals surface area contributed by atoms with Gasteiger partial charge in [-0.05, 0) is 25.7 Å². The third-order valence-electron chi connectivity index (χ3n) is 3.04. The maximum atomic E-state index is 11.3. The molecule has 0 bridgehead atoms.